The summed E-state index contributed by atoms with van der Waals surface area (Å²) in [4.78, 5) is 6.46. The molecule has 0 fully saturated rings. The third-order valence-electron chi connectivity index (χ3n) is 3.09. The Morgan fingerprint density at radius 2 is 2.15 bits per heavy atom. The molecule has 0 aliphatic heterocycles. The second kappa shape index (κ2) is 6.06. The number of rotatable bonds is 4. The van der Waals surface area contributed by atoms with E-state index in [0.29, 0.717) is 12.1 Å². The molecule has 0 saturated heterocycles. The van der Waals surface area contributed by atoms with Crippen LogP contribution in [0.1, 0.15) is 16.7 Å². The summed E-state index contributed by atoms with van der Waals surface area (Å²) >= 11 is 0. The van der Waals surface area contributed by atoms with Gasteiger partial charge in [0.05, 0.1) is 0 Å². The van der Waals surface area contributed by atoms with Crippen molar-refractivity contribution in [2.75, 3.05) is 11.9 Å². The van der Waals surface area contributed by atoms with Gasteiger partial charge < -0.3 is 15.8 Å². The number of oxime groups is 1. The Morgan fingerprint density at radius 3 is 2.85 bits per heavy atom. The lowest BCUT2D eigenvalue weighted by Crippen LogP contribution is -2.19. The summed E-state index contributed by atoms with van der Waals surface area (Å²) < 4.78 is 0. The molecule has 1 aromatic carbocycles. The Hall–Kier alpha value is -2.56. The Bertz CT molecular complexity index is 625. The van der Waals surface area contributed by atoms with Gasteiger partial charge in [0.25, 0.3) is 0 Å². The number of aromatic nitrogens is 1. The normalized spacial score (nSPS) is 11.4. The van der Waals surface area contributed by atoms with Crippen molar-refractivity contribution in [3.63, 3.8) is 0 Å². The summed E-state index contributed by atoms with van der Waals surface area (Å²) in [6.07, 6.45) is 1.78. The van der Waals surface area contributed by atoms with E-state index in [4.69, 9.17) is 10.9 Å². The van der Waals surface area contributed by atoms with Gasteiger partial charge in [-0.15, -0.1) is 0 Å². The molecule has 0 bridgehead atoms. The van der Waals surface area contributed by atoms with Crippen LogP contribution in [0.2, 0.25) is 0 Å². The first-order valence-electron chi connectivity index (χ1n) is 6.31. The van der Waals surface area contributed by atoms with E-state index < -0.39 is 0 Å². The van der Waals surface area contributed by atoms with Crippen molar-refractivity contribution in [2.45, 2.75) is 13.5 Å². The highest BCUT2D eigenvalue weighted by Gasteiger charge is 2.07. The number of nitrogens with zero attached hydrogens (tertiary/aromatic N) is 3. The minimum absolute atomic E-state index is 0.114. The van der Waals surface area contributed by atoms with Gasteiger partial charge >= 0.3 is 0 Å². The number of hydrogen-bond donors (Lipinski definition) is 2. The summed E-state index contributed by atoms with van der Waals surface area (Å²) in [5.41, 5.74) is 8.51. The van der Waals surface area contributed by atoms with Crippen molar-refractivity contribution < 1.29 is 5.21 Å². The number of benzene rings is 1. The van der Waals surface area contributed by atoms with E-state index in [1.54, 1.807) is 6.20 Å². The molecule has 0 radical (unpaired) electrons. The first-order valence-corrected chi connectivity index (χ1v) is 6.31. The van der Waals surface area contributed by atoms with Crippen molar-refractivity contribution in [1.82, 2.24) is 4.98 Å². The molecule has 0 atom stereocenters. The molecule has 0 saturated carbocycles. The van der Waals surface area contributed by atoms with Gasteiger partial charge in [-0.25, -0.2) is 4.98 Å². The summed E-state index contributed by atoms with van der Waals surface area (Å²) in [6.45, 7) is 2.73. The molecule has 3 N–H and O–H groups in total. The van der Waals surface area contributed by atoms with Crippen molar-refractivity contribution in [3.05, 3.63) is 59.3 Å². The predicted molar refractivity (Wildman–Crippen MR) is 80.0 cm³/mol. The molecule has 1 heterocycles. The average molecular weight is 270 g/mol. The van der Waals surface area contributed by atoms with E-state index >= 15 is 0 Å². The van der Waals surface area contributed by atoms with E-state index in [2.05, 4.69) is 15.0 Å². The fraction of sp³-hybridized carbons (Fsp3) is 0.200. The first kappa shape index (κ1) is 13.9. The van der Waals surface area contributed by atoms with E-state index in [9.17, 15) is 0 Å². The molecule has 1 aromatic heterocycles. The van der Waals surface area contributed by atoms with Crippen molar-refractivity contribution in [1.29, 1.82) is 0 Å². The van der Waals surface area contributed by atoms with Crippen molar-refractivity contribution in [3.8, 4) is 0 Å². The molecule has 20 heavy (non-hydrogen) atoms. The van der Waals surface area contributed by atoms with Crippen LogP contribution in [0.4, 0.5) is 5.82 Å². The zero-order valence-electron chi connectivity index (χ0n) is 11.6. The zero-order valence-corrected chi connectivity index (χ0v) is 11.6. The first-order chi connectivity index (χ1) is 9.61. The minimum Gasteiger partial charge on any atom is -0.409 e. The monoisotopic (exact) mass is 270 g/mol. The van der Waals surface area contributed by atoms with Crippen LogP contribution in [0.25, 0.3) is 0 Å². The molecule has 0 amide bonds. The molecule has 0 aliphatic rings. The molecule has 2 aromatic rings. The minimum atomic E-state index is 0.114. The maximum atomic E-state index is 8.72. The summed E-state index contributed by atoms with van der Waals surface area (Å²) in [6, 6.07) is 11.6. The molecule has 2 rings (SSSR count). The number of nitrogens with two attached hydrogens (primary N) is 1. The fourth-order valence-corrected chi connectivity index (χ4v) is 2.11. The molecule has 104 valence electrons. The Labute approximate surface area is 118 Å². The molecule has 5 heteroatoms. The van der Waals surface area contributed by atoms with Crippen LogP contribution in [0.15, 0.2) is 47.8 Å². The van der Waals surface area contributed by atoms with E-state index in [1.165, 1.54) is 0 Å². The second-order valence-electron chi connectivity index (χ2n) is 4.69. The van der Waals surface area contributed by atoms with E-state index in [-0.39, 0.29) is 5.84 Å². The Kier molecular flexibility index (Phi) is 4.20. The quantitative estimate of drug-likeness (QED) is 0.386. The topological polar surface area (TPSA) is 74.7 Å². The third-order valence-corrected chi connectivity index (χ3v) is 3.09. The standard InChI is InChI=1S/C15H18N4O/c1-11-5-4-8-17-15(11)19(2)10-12-6-3-7-13(9-12)14(16)18-20/h3-9,20H,10H2,1-2H3,(H2,16,18). The summed E-state index contributed by atoms with van der Waals surface area (Å²) in [7, 11) is 1.99. The van der Waals surface area contributed by atoms with Gasteiger partial charge in [0.1, 0.15) is 5.82 Å². The third kappa shape index (κ3) is 3.06. The van der Waals surface area contributed by atoms with Gasteiger partial charge in [0.15, 0.2) is 5.84 Å². The zero-order chi connectivity index (χ0) is 14.5. The van der Waals surface area contributed by atoms with Crippen LogP contribution >= 0.6 is 0 Å². The Balaban J connectivity index is 2.20. The smallest absolute Gasteiger partial charge is 0.170 e. The fourth-order valence-electron chi connectivity index (χ4n) is 2.11. The van der Waals surface area contributed by atoms with Gasteiger partial charge in [-0.3, -0.25) is 0 Å². The van der Waals surface area contributed by atoms with Crippen molar-refractivity contribution in [2.24, 2.45) is 10.9 Å². The highest BCUT2D eigenvalue weighted by molar-refractivity contribution is 5.97. The molecule has 0 spiro atoms. The average Bonchev–Trinajstić information content (AvgIpc) is 2.47. The maximum absolute atomic E-state index is 8.72. The SMILES string of the molecule is Cc1cccnc1N(C)Cc1cccc(C(N)=NO)c1. The van der Waals surface area contributed by atoms with Crippen LogP contribution in [0, 0.1) is 6.92 Å². The highest BCUT2D eigenvalue weighted by Crippen LogP contribution is 2.17. The number of hydrogen-bond acceptors (Lipinski definition) is 4. The molecule has 0 unspecified atom stereocenters. The predicted octanol–water partition coefficient (Wildman–Crippen LogP) is 2.12. The van der Waals surface area contributed by atoms with Crippen molar-refractivity contribution >= 4 is 11.7 Å². The van der Waals surface area contributed by atoms with Crippen LogP contribution in [-0.4, -0.2) is 23.1 Å². The number of pyridine rings is 1. The molecular formula is C15H18N4O. The molecule has 5 nitrogen and oxygen atoms in total. The maximum Gasteiger partial charge on any atom is 0.170 e. The number of amidine groups is 1. The largest absolute Gasteiger partial charge is 0.409 e. The van der Waals surface area contributed by atoms with Crippen LogP contribution in [0.3, 0.4) is 0 Å². The highest BCUT2D eigenvalue weighted by atomic mass is 16.4. The Morgan fingerprint density at radius 1 is 1.35 bits per heavy atom. The number of anilines is 1. The van der Waals surface area contributed by atoms with E-state index in [1.807, 2.05) is 50.4 Å². The lowest BCUT2D eigenvalue weighted by atomic mass is 10.1. The lowest BCUT2D eigenvalue weighted by Gasteiger charge is -2.20. The summed E-state index contributed by atoms with van der Waals surface area (Å²) in [5.74, 6) is 1.06. The van der Waals surface area contributed by atoms with Gasteiger partial charge in [0.2, 0.25) is 0 Å². The van der Waals surface area contributed by atoms with Crippen LogP contribution in [0.5, 0.6) is 0 Å². The number of aryl methyl sites for hydroxylation is 1. The second-order valence-corrected chi connectivity index (χ2v) is 4.69. The van der Waals surface area contributed by atoms with Gasteiger partial charge in [-0.05, 0) is 30.2 Å². The van der Waals surface area contributed by atoms with Crippen LogP contribution < -0.4 is 10.6 Å². The van der Waals surface area contributed by atoms with E-state index in [0.717, 1.165) is 16.9 Å². The molecular weight excluding hydrogens is 252 g/mol. The van der Waals surface area contributed by atoms with Gasteiger partial charge in [-0.2, -0.15) is 0 Å². The van der Waals surface area contributed by atoms with Gasteiger partial charge in [0, 0.05) is 25.4 Å². The van der Waals surface area contributed by atoms with Crippen LogP contribution in [-0.2, 0) is 6.54 Å². The summed E-state index contributed by atoms with van der Waals surface area (Å²) in [5, 5.41) is 11.7. The molecule has 0 aliphatic carbocycles. The lowest BCUT2D eigenvalue weighted by molar-refractivity contribution is 0.318. The van der Waals surface area contributed by atoms with Gasteiger partial charge in [-0.1, -0.05) is 29.4 Å².